The Kier molecular flexibility index (Phi) is 4.52. The van der Waals surface area contributed by atoms with Crippen molar-refractivity contribution in [2.24, 2.45) is 5.41 Å². The van der Waals surface area contributed by atoms with Crippen molar-refractivity contribution in [2.75, 3.05) is 6.61 Å². The van der Waals surface area contributed by atoms with Gasteiger partial charge in [-0.25, -0.2) is 4.98 Å². The molecule has 2 aromatic rings. The smallest absolute Gasteiger partial charge is 0.194 e. The minimum absolute atomic E-state index is 0.130. The van der Waals surface area contributed by atoms with Crippen molar-refractivity contribution in [3.8, 4) is 0 Å². The van der Waals surface area contributed by atoms with Crippen molar-refractivity contribution in [1.82, 2.24) is 14.7 Å². The fourth-order valence-corrected chi connectivity index (χ4v) is 3.40. The van der Waals surface area contributed by atoms with Crippen LogP contribution in [0.5, 0.6) is 0 Å². The highest BCUT2D eigenvalue weighted by Crippen LogP contribution is 2.24. The molecular weight excluding hydrogens is 270 g/mol. The van der Waals surface area contributed by atoms with E-state index < -0.39 is 0 Å². The number of rotatable bonds is 5. The van der Waals surface area contributed by atoms with Crippen LogP contribution in [-0.4, -0.2) is 27.1 Å². The minimum atomic E-state index is 0.130. The number of aliphatic hydroxyl groups is 1. The molecule has 0 aromatic carbocycles. The molecule has 0 spiro atoms. The highest BCUT2D eigenvalue weighted by atomic mass is 32.1. The number of nitrogens with one attached hydrogen (secondary N) is 1. The first-order chi connectivity index (χ1) is 9.32. The highest BCUT2D eigenvalue weighted by molar-refractivity contribution is 7.17. The van der Waals surface area contributed by atoms with Crippen LogP contribution in [0.15, 0.2) is 6.20 Å². The predicted octanol–water partition coefficient (Wildman–Crippen LogP) is 2.90. The topological polar surface area (TPSA) is 49.6 Å². The summed E-state index contributed by atoms with van der Waals surface area (Å²) in [4.78, 5) is 6.95. The second-order valence-electron chi connectivity index (χ2n) is 6.45. The van der Waals surface area contributed by atoms with E-state index in [1.54, 1.807) is 11.3 Å². The van der Waals surface area contributed by atoms with E-state index in [2.05, 4.69) is 55.5 Å². The van der Waals surface area contributed by atoms with Crippen LogP contribution in [0.4, 0.5) is 0 Å². The van der Waals surface area contributed by atoms with Crippen LogP contribution in [0, 0.1) is 19.3 Å². The number of imidazole rings is 1. The summed E-state index contributed by atoms with van der Waals surface area (Å²) in [5.74, 6) is 0. The quantitative estimate of drug-likeness (QED) is 0.891. The first kappa shape index (κ1) is 15.5. The molecule has 0 saturated carbocycles. The van der Waals surface area contributed by atoms with Gasteiger partial charge in [-0.15, -0.1) is 11.3 Å². The summed E-state index contributed by atoms with van der Waals surface area (Å²) in [7, 11) is 0. The molecule has 0 amide bonds. The highest BCUT2D eigenvalue weighted by Gasteiger charge is 2.24. The molecule has 20 heavy (non-hydrogen) atoms. The van der Waals surface area contributed by atoms with E-state index in [1.807, 2.05) is 0 Å². The van der Waals surface area contributed by atoms with Gasteiger partial charge in [0.1, 0.15) is 0 Å². The molecule has 5 heteroatoms. The van der Waals surface area contributed by atoms with Crippen molar-refractivity contribution < 1.29 is 5.11 Å². The number of aliphatic hydroxyl groups excluding tert-OH is 1. The van der Waals surface area contributed by atoms with Gasteiger partial charge in [-0.2, -0.15) is 0 Å². The van der Waals surface area contributed by atoms with Crippen molar-refractivity contribution in [2.45, 2.75) is 53.6 Å². The third-order valence-electron chi connectivity index (χ3n) is 3.72. The Morgan fingerprint density at radius 2 is 2.10 bits per heavy atom. The van der Waals surface area contributed by atoms with Crippen LogP contribution in [0.2, 0.25) is 0 Å². The van der Waals surface area contributed by atoms with Crippen molar-refractivity contribution in [3.05, 3.63) is 22.5 Å². The maximum Gasteiger partial charge on any atom is 0.194 e. The van der Waals surface area contributed by atoms with Gasteiger partial charge in [-0.05, 0) is 25.7 Å². The van der Waals surface area contributed by atoms with Crippen molar-refractivity contribution in [1.29, 1.82) is 0 Å². The van der Waals surface area contributed by atoms with E-state index in [4.69, 9.17) is 0 Å². The molecule has 0 aliphatic heterocycles. The summed E-state index contributed by atoms with van der Waals surface area (Å²) in [6, 6.07) is 0.289. The van der Waals surface area contributed by atoms with Gasteiger partial charge in [-0.3, -0.25) is 4.40 Å². The second kappa shape index (κ2) is 5.84. The first-order valence-electron chi connectivity index (χ1n) is 7.11. The van der Waals surface area contributed by atoms with E-state index in [0.29, 0.717) is 0 Å². The summed E-state index contributed by atoms with van der Waals surface area (Å²) in [5.41, 5.74) is 2.43. The Morgan fingerprint density at radius 1 is 1.40 bits per heavy atom. The fourth-order valence-electron chi connectivity index (χ4n) is 2.51. The molecule has 4 nitrogen and oxygen atoms in total. The third-order valence-corrected chi connectivity index (χ3v) is 4.62. The third kappa shape index (κ3) is 3.22. The van der Waals surface area contributed by atoms with Gasteiger partial charge in [0.15, 0.2) is 4.96 Å². The number of hydrogen-bond donors (Lipinski definition) is 2. The molecule has 112 valence electrons. The summed E-state index contributed by atoms with van der Waals surface area (Å²) < 4.78 is 2.18. The second-order valence-corrected chi connectivity index (χ2v) is 7.66. The van der Waals surface area contributed by atoms with Gasteiger partial charge in [0, 0.05) is 30.3 Å². The van der Waals surface area contributed by atoms with Gasteiger partial charge in [-0.1, -0.05) is 20.8 Å². The minimum Gasteiger partial charge on any atom is -0.396 e. The predicted molar refractivity (Wildman–Crippen MR) is 84.3 cm³/mol. The molecule has 2 rings (SSSR count). The summed E-state index contributed by atoms with van der Waals surface area (Å²) >= 11 is 1.72. The van der Waals surface area contributed by atoms with E-state index in [1.165, 1.54) is 10.6 Å². The van der Waals surface area contributed by atoms with Crippen molar-refractivity contribution >= 4 is 16.3 Å². The Balaban J connectivity index is 2.17. The monoisotopic (exact) mass is 295 g/mol. The zero-order valence-corrected chi connectivity index (χ0v) is 13.8. The van der Waals surface area contributed by atoms with Crippen LogP contribution in [0.1, 0.15) is 43.5 Å². The van der Waals surface area contributed by atoms with E-state index in [9.17, 15) is 5.11 Å². The Bertz CT molecular complexity index is 580. The molecule has 2 aromatic heterocycles. The molecule has 2 heterocycles. The normalized spacial score (nSPS) is 14.1. The molecule has 0 saturated heterocycles. The fraction of sp³-hybridized carbons (Fsp3) is 0.667. The van der Waals surface area contributed by atoms with Crippen molar-refractivity contribution in [3.63, 3.8) is 0 Å². The molecule has 0 aliphatic carbocycles. The number of fused-ring (bicyclic) bond motifs is 1. The molecule has 0 aliphatic rings. The lowest BCUT2D eigenvalue weighted by Gasteiger charge is -2.31. The molecule has 0 radical (unpaired) electrons. The summed E-state index contributed by atoms with van der Waals surface area (Å²) in [5, 5.41) is 12.8. The molecular formula is C15H25N3OS. The zero-order valence-electron chi connectivity index (χ0n) is 13.0. The number of aromatic nitrogens is 2. The van der Waals surface area contributed by atoms with Crippen LogP contribution < -0.4 is 5.32 Å². The summed E-state index contributed by atoms with van der Waals surface area (Å²) in [6.45, 7) is 11.8. The summed E-state index contributed by atoms with van der Waals surface area (Å²) in [6.07, 6.45) is 2.92. The molecule has 0 bridgehead atoms. The average Bonchev–Trinajstić information content (AvgIpc) is 2.79. The Labute approximate surface area is 124 Å². The van der Waals surface area contributed by atoms with Crippen LogP contribution in [0.25, 0.3) is 4.96 Å². The Morgan fingerprint density at radius 3 is 2.70 bits per heavy atom. The lowest BCUT2D eigenvalue weighted by atomic mass is 9.85. The lowest BCUT2D eigenvalue weighted by Crippen LogP contribution is -2.40. The standard InChI is InChI=1S/C15H25N3OS/c1-10-9-18-12(11(2)17-14(18)20-10)8-16-13(6-7-19)15(3,4)5/h9,13,16,19H,6-8H2,1-5H3. The number of thiazole rings is 1. The number of aryl methyl sites for hydroxylation is 2. The largest absolute Gasteiger partial charge is 0.396 e. The van der Waals surface area contributed by atoms with Gasteiger partial charge < -0.3 is 10.4 Å². The van der Waals surface area contributed by atoms with E-state index in [-0.39, 0.29) is 18.1 Å². The van der Waals surface area contributed by atoms with E-state index >= 15 is 0 Å². The van der Waals surface area contributed by atoms with Gasteiger partial charge in [0.2, 0.25) is 0 Å². The maximum atomic E-state index is 9.23. The lowest BCUT2D eigenvalue weighted by molar-refractivity contribution is 0.196. The van der Waals surface area contributed by atoms with Gasteiger partial charge >= 0.3 is 0 Å². The Hall–Kier alpha value is -0.910. The first-order valence-corrected chi connectivity index (χ1v) is 7.92. The molecule has 0 fully saturated rings. The molecule has 1 unspecified atom stereocenters. The molecule has 1 atom stereocenters. The number of nitrogens with zero attached hydrogens (tertiary/aromatic N) is 2. The van der Waals surface area contributed by atoms with Crippen LogP contribution >= 0.6 is 11.3 Å². The zero-order chi connectivity index (χ0) is 14.9. The van der Waals surface area contributed by atoms with Gasteiger partial charge in [0.25, 0.3) is 0 Å². The number of hydrogen-bond acceptors (Lipinski definition) is 4. The average molecular weight is 295 g/mol. The SMILES string of the molecule is Cc1cn2c(CNC(CCO)C(C)(C)C)c(C)nc2s1. The maximum absolute atomic E-state index is 9.23. The van der Waals surface area contributed by atoms with E-state index in [0.717, 1.165) is 23.6 Å². The molecule has 2 N–H and O–H groups in total. The van der Waals surface area contributed by atoms with Gasteiger partial charge in [0.05, 0.1) is 11.4 Å². The van der Waals surface area contributed by atoms with Crippen LogP contribution in [-0.2, 0) is 6.54 Å². The van der Waals surface area contributed by atoms with Crippen LogP contribution in [0.3, 0.4) is 0 Å².